The number of hydrazine groups is 1. The molecule has 3 amide bonds. The van der Waals surface area contributed by atoms with Crippen molar-refractivity contribution in [2.75, 3.05) is 7.05 Å². The number of oxime groups is 1. The van der Waals surface area contributed by atoms with Crippen LogP contribution >= 0.6 is 0 Å². The lowest BCUT2D eigenvalue weighted by Crippen LogP contribution is -2.51. The van der Waals surface area contributed by atoms with Crippen molar-refractivity contribution in [2.24, 2.45) is 22.9 Å². The van der Waals surface area contributed by atoms with Crippen molar-refractivity contribution < 1.29 is 33.9 Å². The highest BCUT2D eigenvalue weighted by Crippen LogP contribution is 2.46. The van der Waals surface area contributed by atoms with Gasteiger partial charge in [0.05, 0.1) is 11.8 Å². The van der Waals surface area contributed by atoms with Gasteiger partial charge in [0.25, 0.3) is 0 Å². The van der Waals surface area contributed by atoms with E-state index in [2.05, 4.69) is 22.5 Å². The number of aliphatic carboxylic acids is 1. The van der Waals surface area contributed by atoms with Crippen LogP contribution in [0.2, 0.25) is 0 Å². The van der Waals surface area contributed by atoms with Gasteiger partial charge in [-0.25, -0.2) is 15.0 Å². The van der Waals surface area contributed by atoms with E-state index in [0.29, 0.717) is 5.71 Å². The fraction of sp³-hybridized carbons (Fsp3) is 0.406. The Balaban J connectivity index is 1.37. The van der Waals surface area contributed by atoms with E-state index in [4.69, 9.17) is 9.57 Å². The van der Waals surface area contributed by atoms with Gasteiger partial charge in [0.2, 0.25) is 11.8 Å². The summed E-state index contributed by atoms with van der Waals surface area (Å²) >= 11 is 0. The molecule has 0 aromatic heterocycles. The van der Waals surface area contributed by atoms with E-state index < -0.39 is 58.9 Å². The topological polar surface area (TPSA) is 147 Å². The number of carboxylic acids is 1. The Morgan fingerprint density at radius 3 is 2.07 bits per heavy atom. The third-order valence-electron chi connectivity index (χ3n) is 8.14. The Bertz CT molecular complexity index is 1470. The number of ether oxygens (including phenoxy) is 1. The van der Waals surface area contributed by atoms with Crippen molar-refractivity contribution >= 4 is 29.6 Å². The molecule has 3 N–H and O–H groups in total. The van der Waals surface area contributed by atoms with E-state index in [-0.39, 0.29) is 19.3 Å². The predicted octanol–water partition coefficient (Wildman–Crippen LogP) is 3.87. The summed E-state index contributed by atoms with van der Waals surface area (Å²) in [4.78, 5) is 57.5. The number of hydrogen-bond donors (Lipinski definition) is 3. The lowest BCUT2D eigenvalue weighted by molar-refractivity contribution is -0.146. The first-order valence-electron chi connectivity index (χ1n) is 14.2. The number of carbonyl (C=O) groups is 4. The molecule has 11 heteroatoms. The van der Waals surface area contributed by atoms with Crippen molar-refractivity contribution in [2.45, 2.75) is 57.3 Å². The van der Waals surface area contributed by atoms with Gasteiger partial charge in [0.1, 0.15) is 23.0 Å². The number of rotatable bonds is 7. The Morgan fingerprint density at radius 2 is 1.56 bits per heavy atom. The molecule has 0 radical (unpaired) electrons. The summed E-state index contributed by atoms with van der Waals surface area (Å²) in [6.45, 7) is 8.76. The van der Waals surface area contributed by atoms with Crippen LogP contribution in [0.5, 0.6) is 0 Å². The Labute approximate surface area is 249 Å². The lowest BCUT2D eigenvalue weighted by Gasteiger charge is -2.27. The Morgan fingerprint density at radius 1 is 1.00 bits per heavy atom. The van der Waals surface area contributed by atoms with Gasteiger partial charge in [-0.1, -0.05) is 59.8 Å². The van der Waals surface area contributed by atoms with E-state index in [1.807, 2.05) is 48.5 Å². The molecule has 43 heavy (non-hydrogen) atoms. The van der Waals surface area contributed by atoms with Crippen LogP contribution in [0.3, 0.4) is 0 Å². The molecule has 0 bridgehead atoms. The predicted molar refractivity (Wildman–Crippen MR) is 158 cm³/mol. The van der Waals surface area contributed by atoms with Crippen molar-refractivity contribution in [3.63, 3.8) is 0 Å². The summed E-state index contributed by atoms with van der Waals surface area (Å²) in [5, 5.41) is 18.0. The number of nitrogens with zero attached hydrogens (tertiary/aromatic N) is 2. The van der Waals surface area contributed by atoms with E-state index in [1.165, 1.54) is 13.1 Å². The molecule has 0 aliphatic heterocycles. The Kier molecular flexibility index (Phi) is 7.76. The average molecular weight is 589 g/mol. The molecule has 5 atom stereocenters. The molecule has 2 aromatic rings. The zero-order valence-corrected chi connectivity index (χ0v) is 24.6. The maximum atomic E-state index is 13.6. The summed E-state index contributed by atoms with van der Waals surface area (Å²) in [5.74, 6) is -4.53. The van der Waals surface area contributed by atoms with E-state index >= 15 is 0 Å². The van der Waals surface area contributed by atoms with Crippen LogP contribution in [-0.2, 0) is 24.0 Å². The second kappa shape index (κ2) is 11.2. The number of fused-ring (bicyclic) bond motifs is 3. The number of carbonyl (C=O) groups excluding carboxylic acids is 3. The standard InChI is InChI=1S/C32H36N4O7/c1-6-18-17-32(18,29(39)40)33-27(37)24-15-19(16-25(24)28(38)36(5)34-30(41)42-31(2,3)4)43-35-26-22-13-9-7-11-20(22)21-12-8-10-14-23(21)26/h6-14,18-19,24-25H,1,15-17H2,2-5H3,(H,33,37)(H,34,41)(H,39,40)/t18-,19-,24-,25-,32-/m1/s1. The summed E-state index contributed by atoms with van der Waals surface area (Å²) in [5.41, 5.74) is 4.71. The minimum atomic E-state index is -1.45. The molecule has 0 saturated heterocycles. The first-order valence-corrected chi connectivity index (χ1v) is 14.2. The van der Waals surface area contributed by atoms with Crippen LogP contribution in [0.4, 0.5) is 4.79 Å². The summed E-state index contributed by atoms with van der Waals surface area (Å²) < 4.78 is 5.25. The van der Waals surface area contributed by atoms with Gasteiger partial charge in [-0.05, 0) is 51.2 Å². The van der Waals surface area contributed by atoms with Crippen LogP contribution in [0, 0.1) is 17.8 Å². The monoisotopic (exact) mass is 588 g/mol. The molecule has 3 aliphatic rings. The summed E-state index contributed by atoms with van der Waals surface area (Å²) in [6.07, 6.45) is 0.525. The van der Waals surface area contributed by atoms with E-state index in [0.717, 1.165) is 27.3 Å². The molecule has 2 fully saturated rings. The largest absolute Gasteiger partial charge is 0.479 e. The fourth-order valence-electron chi connectivity index (χ4n) is 5.93. The van der Waals surface area contributed by atoms with Gasteiger partial charge in [0, 0.05) is 24.1 Å². The minimum Gasteiger partial charge on any atom is -0.479 e. The van der Waals surface area contributed by atoms with Crippen molar-refractivity contribution in [1.29, 1.82) is 0 Å². The molecular weight excluding hydrogens is 552 g/mol. The van der Waals surface area contributed by atoms with Crippen molar-refractivity contribution in [3.8, 4) is 11.1 Å². The normalized spacial score (nSPS) is 25.1. The quantitative estimate of drug-likeness (QED) is 0.280. The van der Waals surface area contributed by atoms with Gasteiger partial charge in [-0.2, -0.15) is 0 Å². The minimum absolute atomic E-state index is 0.122. The number of carboxylic acid groups (broad SMARTS) is 1. The highest BCUT2D eigenvalue weighted by Gasteiger charge is 2.61. The van der Waals surface area contributed by atoms with Crippen LogP contribution in [0.25, 0.3) is 11.1 Å². The molecule has 5 rings (SSSR count). The number of benzene rings is 2. The summed E-state index contributed by atoms with van der Waals surface area (Å²) in [7, 11) is 1.37. The Hall–Kier alpha value is -4.67. The average Bonchev–Trinajstić information content (AvgIpc) is 3.35. The van der Waals surface area contributed by atoms with Crippen molar-refractivity contribution in [1.82, 2.24) is 15.8 Å². The molecule has 2 aromatic carbocycles. The van der Waals surface area contributed by atoms with Crippen LogP contribution < -0.4 is 10.7 Å². The molecule has 0 unspecified atom stereocenters. The maximum Gasteiger partial charge on any atom is 0.426 e. The molecule has 0 spiro atoms. The number of nitrogens with one attached hydrogen (secondary N) is 2. The zero-order valence-electron chi connectivity index (χ0n) is 24.6. The molecule has 2 saturated carbocycles. The van der Waals surface area contributed by atoms with Crippen LogP contribution in [0.15, 0.2) is 66.3 Å². The number of hydrogen-bond acceptors (Lipinski definition) is 7. The SMILES string of the molecule is C=C[C@@H]1C[C@]1(NC(=O)[C@@H]1C[C@@H](ON=C2c3ccccc3-c3ccccc32)C[C@H]1C(=O)N(C)NC(=O)OC(C)(C)C)C(=O)O. The van der Waals surface area contributed by atoms with Gasteiger partial charge >= 0.3 is 12.1 Å². The first-order chi connectivity index (χ1) is 20.3. The van der Waals surface area contributed by atoms with E-state index in [1.54, 1.807) is 20.8 Å². The highest BCUT2D eigenvalue weighted by molar-refractivity contribution is 6.24. The lowest BCUT2D eigenvalue weighted by atomic mass is 9.93. The van der Waals surface area contributed by atoms with Gasteiger partial charge in [-0.15, -0.1) is 6.58 Å². The fourth-order valence-corrected chi connectivity index (χ4v) is 5.93. The summed E-state index contributed by atoms with van der Waals surface area (Å²) in [6, 6.07) is 15.7. The smallest absolute Gasteiger partial charge is 0.426 e. The molecule has 0 heterocycles. The number of amides is 3. The third kappa shape index (κ3) is 5.84. The van der Waals surface area contributed by atoms with Crippen molar-refractivity contribution in [3.05, 3.63) is 72.3 Å². The maximum absolute atomic E-state index is 13.6. The van der Waals surface area contributed by atoms with E-state index in [9.17, 15) is 24.3 Å². The second-order valence-corrected chi connectivity index (χ2v) is 12.3. The molecular formula is C32H36N4O7. The van der Waals surface area contributed by atoms with Crippen LogP contribution in [-0.4, -0.2) is 64.0 Å². The zero-order chi connectivity index (χ0) is 31.1. The third-order valence-corrected chi connectivity index (χ3v) is 8.14. The molecule has 226 valence electrons. The van der Waals surface area contributed by atoms with Gasteiger partial charge in [0.15, 0.2) is 0 Å². The molecule has 11 nitrogen and oxygen atoms in total. The van der Waals surface area contributed by atoms with Gasteiger partial charge in [-0.3, -0.25) is 14.6 Å². The van der Waals surface area contributed by atoms with Gasteiger partial charge < -0.3 is 20.0 Å². The second-order valence-electron chi connectivity index (χ2n) is 12.3. The van der Waals surface area contributed by atoms with Crippen LogP contribution in [0.1, 0.15) is 51.2 Å². The molecule has 3 aliphatic carbocycles. The highest BCUT2D eigenvalue weighted by atomic mass is 16.6. The first kappa shape index (κ1) is 29.8.